The Hall–Kier alpha value is -3.64. The fourth-order valence-electron chi connectivity index (χ4n) is 4.71. The average Bonchev–Trinajstić information content (AvgIpc) is 2.84. The van der Waals surface area contributed by atoms with Gasteiger partial charge in [-0.2, -0.15) is 5.10 Å². The van der Waals surface area contributed by atoms with Crippen LogP contribution in [0.25, 0.3) is 22.0 Å². The van der Waals surface area contributed by atoms with Crippen LogP contribution in [0.15, 0.2) is 66.7 Å². The van der Waals surface area contributed by atoms with Gasteiger partial charge in [-0.3, -0.25) is 4.79 Å². The summed E-state index contributed by atoms with van der Waals surface area (Å²) >= 11 is 0. The third-order valence-electron chi connectivity index (χ3n) is 6.36. The van der Waals surface area contributed by atoms with E-state index in [4.69, 9.17) is 0 Å². The molecule has 1 N–H and O–H groups in total. The summed E-state index contributed by atoms with van der Waals surface area (Å²) in [5.41, 5.74) is 4.38. The minimum absolute atomic E-state index is 0.0739. The molecule has 0 radical (unpaired) electrons. The molecule has 2 unspecified atom stereocenters. The van der Waals surface area contributed by atoms with Gasteiger partial charge in [-0.25, -0.2) is 4.39 Å². The Morgan fingerprint density at radius 3 is 2.52 bits per heavy atom. The molecule has 3 aromatic carbocycles. The van der Waals surface area contributed by atoms with E-state index in [-0.39, 0.29) is 17.9 Å². The normalized spacial score (nSPS) is 18.5. The van der Waals surface area contributed by atoms with Crippen molar-refractivity contribution in [3.63, 3.8) is 0 Å². The van der Waals surface area contributed by atoms with Crippen LogP contribution in [0, 0.1) is 12.7 Å². The Balaban J connectivity index is 1.65. The number of nitrogens with zero attached hydrogens (tertiary/aromatic N) is 3. The number of nitrogens with one attached hydrogen (secondary N) is 1. The SMILES string of the molecule is Cc1ccc(-c2nnc(C3C(C)NCCN3c3ccc(C=O)cc3)c3ccccc23)c(F)c1. The van der Waals surface area contributed by atoms with Crippen LogP contribution in [-0.4, -0.2) is 35.6 Å². The Morgan fingerprint density at radius 2 is 1.79 bits per heavy atom. The van der Waals surface area contributed by atoms with Gasteiger partial charge in [-0.05, 0) is 55.8 Å². The highest BCUT2D eigenvalue weighted by Crippen LogP contribution is 2.37. The highest BCUT2D eigenvalue weighted by Gasteiger charge is 2.33. The van der Waals surface area contributed by atoms with Gasteiger partial charge in [0.05, 0.1) is 11.7 Å². The van der Waals surface area contributed by atoms with Crippen molar-refractivity contribution in [3.05, 3.63) is 89.4 Å². The molecular formula is C27H25FN4O. The summed E-state index contributed by atoms with van der Waals surface area (Å²) < 4.78 is 14.8. The number of rotatable bonds is 4. The lowest BCUT2D eigenvalue weighted by Gasteiger charge is -2.42. The van der Waals surface area contributed by atoms with Gasteiger partial charge in [-0.15, -0.1) is 5.10 Å². The molecule has 1 aliphatic rings. The highest BCUT2D eigenvalue weighted by molar-refractivity contribution is 5.96. The molecule has 5 rings (SSSR count). The lowest BCUT2D eigenvalue weighted by Crippen LogP contribution is -2.52. The van der Waals surface area contributed by atoms with Crippen LogP contribution in [0.2, 0.25) is 0 Å². The van der Waals surface area contributed by atoms with E-state index in [1.165, 1.54) is 6.07 Å². The zero-order valence-corrected chi connectivity index (χ0v) is 18.6. The molecule has 1 aliphatic heterocycles. The van der Waals surface area contributed by atoms with Crippen LogP contribution in [0.5, 0.6) is 0 Å². The number of fused-ring (bicyclic) bond motifs is 1. The van der Waals surface area contributed by atoms with Crippen molar-refractivity contribution >= 4 is 22.7 Å². The van der Waals surface area contributed by atoms with Gasteiger partial charge in [0, 0.05) is 46.7 Å². The molecule has 0 aliphatic carbocycles. The zero-order valence-electron chi connectivity index (χ0n) is 18.6. The number of halogens is 1. The van der Waals surface area contributed by atoms with E-state index >= 15 is 0 Å². The fourth-order valence-corrected chi connectivity index (χ4v) is 4.71. The van der Waals surface area contributed by atoms with Crippen molar-refractivity contribution in [2.45, 2.75) is 25.9 Å². The molecular weight excluding hydrogens is 415 g/mol. The van der Waals surface area contributed by atoms with E-state index in [2.05, 4.69) is 27.3 Å². The van der Waals surface area contributed by atoms with Gasteiger partial charge in [0.1, 0.15) is 17.8 Å². The molecule has 2 atom stereocenters. The Bertz CT molecular complexity index is 1320. The molecule has 166 valence electrons. The van der Waals surface area contributed by atoms with Crippen LogP contribution in [-0.2, 0) is 0 Å². The number of benzene rings is 3. The first kappa shape index (κ1) is 21.2. The first-order valence-electron chi connectivity index (χ1n) is 11.1. The minimum atomic E-state index is -0.299. The maximum atomic E-state index is 14.8. The van der Waals surface area contributed by atoms with E-state index in [9.17, 15) is 9.18 Å². The molecule has 1 saturated heterocycles. The summed E-state index contributed by atoms with van der Waals surface area (Å²) in [5.74, 6) is -0.299. The Kier molecular flexibility index (Phi) is 5.60. The van der Waals surface area contributed by atoms with Gasteiger partial charge in [0.15, 0.2) is 0 Å². The van der Waals surface area contributed by atoms with E-state index in [1.807, 2.05) is 61.5 Å². The second-order valence-electron chi connectivity index (χ2n) is 8.55. The van der Waals surface area contributed by atoms with Gasteiger partial charge in [0.25, 0.3) is 0 Å². The smallest absolute Gasteiger partial charge is 0.150 e. The number of piperazine rings is 1. The van der Waals surface area contributed by atoms with Crippen molar-refractivity contribution in [2.24, 2.45) is 0 Å². The number of hydrogen-bond acceptors (Lipinski definition) is 5. The topological polar surface area (TPSA) is 58.1 Å². The highest BCUT2D eigenvalue weighted by atomic mass is 19.1. The van der Waals surface area contributed by atoms with E-state index in [0.717, 1.165) is 47.1 Å². The molecule has 5 nitrogen and oxygen atoms in total. The maximum Gasteiger partial charge on any atom is 0.150 e. The van der Waals surface area contributed by atoms with Crippen molar-refractivity contribution < 1.29 is 9.18 Å². The van der Waals surface area contributed by atoms with Crippen molar-refractivity contribution in [1.29, 1.82) is 0 Å². The number of carbonyl (C=O) groups excluding carboxylic acids is 1. The summed E-state index contributed by atoms with van der Waals surface area (Å²) in [6.07, 6.45) is 0.851. The average molecular weight is 441 g/mol. The molecule has 0 saturated carbocycles. The number of carbonyl (C=O) groups is 1. The number of anilines is 1. The minimum Gasteiger partial charge on any atom is -0.360 e. The van der Waals surface area contributed by atoms with Crippen molar-refractivity contribution in [2.75, 3.05) is 18.0 Å². The molecule has 0 spiro atoms. The van der Waals surface area contributed by atoms with E-state index < -0.39 is 0 Å². The zero-order chi connectivity index (χ0) is 22.9. The lowest BCUT2D eigenvalue weighted by atomic mass is 9.94. The number of aromatic nitrogens is 2. The molecule has 1 fully saturated rings. The van der Waals surface area contributed by atoms with Crippen LogP contribution in [0.1, 0.15) is 34.6 Å². The van der Waals surface area contributed by atoms with Crippen LogP contribution < -0.4 is 10.2 Å². The number of aryl methyl sites for hydroxylation is 1. The summed E-state index contributed by atoms with van der Waals surface area (Å²) in [6, 6.07) is 20.8. The second kappa shape index (κ2) is 8.71. The Labute approximate surface area is 192 Å². The first-order valence-corrected chi connectivity index (χ1v) is 11.1. The van der Waals surface area contributed by atoms with Crippen LogP contribution in [0.3, 0.4) is 0 Å². The molecule has 1 aromatic heterocycles. The molecule has 33 heavy (non-hydrogen) atoms. The van der Waals surface area contributed by atoms with E-state index in [0.29, 0.717) is 16.8 Å². The van der Waals surface area contributed by atoms with E-state index in [1.54, 1.807) is 6.07 Å². The summed E-state index contributed by atoms with van der Waals surface area (Å²) in [7, 11) is 0. The van der Waals surface area contributed by atoms with Gasteiger partial charge in [-0.1, -0.05) is 30.3 Å². The molecule has 0 amide bonds. The number of aldehydes is 1. The Morgan fingerprint density at radius 1 is 1.03 bits per heavy atom. The fraction of sp³-hybridized carbons (Fsp3) is 0.222. The van der Waals surface area contributed by atoms with Gasteiger partial charge >= 0.3 is 0 Å². The summed E-state index contributed by atoms with van der Waals surface area (Å²) in [5, 5.41) is 14.6. The monoisotopic (exact) mass is 440 g/mol. The first-order chi connectivity index (χ1) is 16.1. The largest absolute Gasteiger partial charge is 0.360 e. The lowest BCUT2D eigenvalue weighted by molar-refractivity contribution is 0.112. The third-order valence-corrected chi connectivity index (χ3v) is 6.36. The summed E-state index contributed by atoms with van der Waals surface area (Å²) in [4.78, 5) is 13.4. The molecule has 2 heterocycles. The molecule has 6 heteroatoms. The predicted molar refractivity (Wildman–Crippen MR) is 129 cm³/mol. The van der Waals surface area contributed by atoms with Crippen LogP contribution >= 0.6 is 0 Å². The molecule has 0 bridgehead atoms. The quantitative estimate of drug-likeness (QED) is 0.448. The standard InChI is InChI=1S/C27H25FN4O/c1-17-7-12-23(24(28)15-17)25-21-5-3-4-6-22(21)26(31-30-25)27-18(2)29-13-14-32(27)20-10-8-19(16-33)9-11-20/h3-12,15-16,18,27,29H,13-14H2,1-2H3. The van der Waals surface area contributed by atoms with Gasteiger partial charge < -0.3 is 10.2 Å². The third kappa shape index (κ3) is 3.87. The predicted octanol–water partition coefficient (Wildman–Crippen LogP) is 5.10. The van der Waals surface area contributed by atoms with Crippen molar-refractivity contribution in [3.8, 4) is 11.3 Å². The number of hydrogen-bond donors (Lipinski definition) is 1. The second-order valence-corrected chi connectivity index (χ2v) is 8.55. The van der Waals surface area contributed by atoms with Gasteiger partial charge in [0.2, 0.25) is 0 Å². The van der Waals surface area contributed by atoms with Crippen LogP contribution in [0.4, 0.5) is 10.1 Å². The maximum absolute atomic E-state index is 14.8. The van der Waals surface area contributed by atoms with Crippen molar-refractivity contribution in [1.82, 2.24) is 15.5 Å². The summed E-state index contributed by atoms with van der Waals surface area (Å²) in [6.45, 7) is 5.64. The molecule has 4 aromatic rings.